The zero-order valence-corrected chi connectivity index (χ0v) is 10.1. The second-order valence-electron chi connectivity index (χ2n) is 4.22. The second-order valence-corrected chi connectivity index (χ2v) is 4.22. The Morgan fingerprint density at radius 3 is 2.76 bits per heavy atom. The number of nitrogens with two attached hydrogens (primary N) is 1. The molecular weight excluding hydrogens is 214 g/mol. The number of hydrogen-bond donors (Lipinski definition) is 1. The van der Waals surface area contributed by atoms with Crippen LogP contribution in [0.2, 0.25) is 0 Å². The molecule has 2 aromatic rings. The summed E-state index contributed by atoms with van der Waals surface area (Å²) in [6, 6.07) is 5.93. The van der Waals surface area contributed by atoms with E-state index in [0.29, 0.717) is 0 Å². The van der Waals surface area contributed by atoms with Crippen molar-refractivity contribution in [1.29, 1.82) is 0 Å². The number of nitrogens with zero attached hydrogens (tertiary/aromatic N) is 2. The zero-order valence-electron chi connectivity index (χ0n) is 10.1. The SMILES string of the molecule is CC(N)c1ccc(N(C)Cc2ccoc2)cn1. The normalized spacial score (nSPS) is 12.4. The van der Waals surface area contributed by atoms with Gasteiger partial charge in [-0.15, -0.1) is 0 Å². The molecule has 2 aromatic heterocycles. The van der Waals surface area contributed by atoms with Gasteiger partial charge in [-0.05, 0) is 25.1 Å². The molecule has 2 rings (SSSR count). The lowest BCUT2D eigenvalue weighted by molar-refractivity contribution is 0.563. The van der Waals surface area contributed by atoms with Crippen molar-refractivity contribution in [3.63, 3.8) is 0 Å². The molecule has 1 atom stereocenters. The summed E-state index contributed by atoms with van der Waals surface area (Å²) in [6.45, 7) is 2.73. The third-order valence-corrected chi connectivity index (χ3v) is 2.68. The van der Waals surface area contributed by atoms with Crippen LogP contribution in [0.15, 0.2) is 41.3 Å². The van der Waals surface area contributed by atoms with Gasteiger partial charge >= 0.3 is 0 Å². The van der Waals surface area contributed by atoms with Gasteiger partial charge in [-0.3, -0.25) is 4.98 Å². The van der Waals surface area contributed by atoms with E-state index in [9.17, 15) is 0 Å². The fourth-order valence-corrected chi connectivity index (χ4v) is 1.64. The molecule has 2 heterocycles. The highest BCUT2D eigenvalue weighted by Gasteiger charge is 2.05. The Labute approximate surface area is 101 Å². The quantitative estimate of drug-likeness (QED) is 0.877. The minimum Gasteiger partial charge on any atom is -0.472 e. The molecule has 17 heavy (non-hydrogen) atoms. The molecule has 1 unspecified atom stereocenters. The van der Waals surface area contributed by atoms with Crippen LogP contribution in [0, 0.1) is 0 Å². The number of hydrogen-bond acceptors (Lipinski definition) is 4. The van der Waals surface area contributed by atoms with E-state index < -0.39 is 0 Å². The van der Waals surface area contributed by atoms with Crippen molar-refractivity contribution in [3.05, 3.63) is 48.2 Å². The summed E-state index contributed by atoms with van der Waals surface area (Å²) in [5.74, 6) is 0. The van der Waals surface area contributed by atoms with Crippen LogP contribution in [0.3, 0.4) is 0 Å². The van der Waals surface area contributed by atoms with Crippen LogP contribution in [0.25, 0.3) is 0 Å². The Bertz CT molecular complexity index is 448. The van der Waals surface area contributed by atoms with Gasteiger partial charge in [0.1, 0.15) is 0 Å². The summed E-state index contributed by atoms with van der Waals surface area (Å²) in [6.07, 6.45) is 5.28. The molecule has 0 aliphatic carbocycles. The van der Waals surface area contributed by atoms with Gasteiger partial charge < -0.3 is 15.1 Å². The average molecular weight is 231 g/mol. The first kappa shape index (κ1) is 11.7. The van der Waals surface area contributed by atoms with Gasteiger partial charge in [0.05, 0.1) is 30.1 Å². The van der Waals surface area contributed by atoms with Crippen LogP contribution in [0.1, 0.15) is 24.2 Å². The topological polar surface area (TPSA) is 55.3 Å². The Morgan fingerprint density at radius 2 is 2.24 bits per heavy atom. The van der Waals surface area contributed by atoms with Crippen molar-refractivity contribution in [3.8, 4) is 0 Å². The summed E-state index contributed by atoms with van der Waals surface area (Å²) in [4.78, 5) is 6.45. The Morgan fingerprint density at radius 1 is 1.41 bits per heavy atom. The van der Waals surface area contributed by atoms with Gasteiger partial charge in [0.15, 0.2) is 0 Å². The fraction of sp³-hybridized carbons (Fsp3) is 0.308. The second kappa shape index (κ2) is 5.01. The predicted molar refractivity (Wildman–Crippen MR) is 67.7 cm³/mol. The summed E-state index contributed by atoms with van der Waals surface area (Å²) in [7, 11) is 2.02. The molecule has 0 amide bonds. The lowest BCUT2D eigenvalue weighted by Crippen LogP contribution is -2.16. The van der Waals surface area contributed by atoms with Gasteiger partial charge in [-0.2, -0.15) is 0 Å². The van der Waals surface area contributed by atoms with E-state index in [4.69, 9.17) is 10.2 Å². The van der Waals surface area contributed by atoms with Crippen molar-refractivity contribution in [2.45, 2.75) is 19.5 Å². The van der Waals surface area contributed by atoms with Crippen LogP contribution >= 0.6 is 0 Å². The largest absolute Gasteiger partial charge is 0.472 e. The maximum atomic E-state index is 5.76. The molecule has 0 aliphatic rings. The van der Waals surface area contributed by atoms with Crippen molar-refractivity contribution in [2.24, 2.45) is 5.73 Å². The molecule has 4 nitrogen and oxygen atoms in total. The van der Waals surface area contributed by atoms with Gasteiger partial charge in [-0.1, -0.05) is 0 Å². The molecule has 0 saturated heterocycles. The number of pyridine rings is 1. The van der Waals surface area contributed by atoms with Crippen molar-refractivity contribution in [1.82, 2.24) is 4.98 Å². The van der Waals surface area contributed by atoms with Gasteiger partial charge in [0, 0.05) is 25.2 Å². The Hall–Kier alpha value is -1.81. The molecule has 0 spiro atoms. The number of aromatic nitrogens is 1. The standard InChI is InChI=1S/C13H17N3O/c1-10(14)13-4-3-12(7-15-13)16(2)8-11-5-6-17-9-11/h3-7,9-10H,8,14H2,1-2H3. The highest BCUT2D eigenvalue weighted by atomic mass is 16.3. The molecule has 0 fully saturated rings. The van der Waals surface area contributed by atoms with Crippen molar-refractivity contribution >= 4 is 5.69 Å². The zero-order chi connectivity index (χ0) is 12.3. The van der Waals surface area contributed by atoms with Crippen LogP contribution in [0.4, 0.5) is 5.69 Å². The van der Waals surface area contributed by atoms with Crippen LogP contribution in [0.5, 0.6) is 0 Å². The van der Waals surface area contributed by atoms with Gasteiger partial charge in [-0.25, -0.2) is 0 Å². The van der Waals surface area contributed by atoms with Crippen LogP contribution in [-0.4, -0.2) is 12.0 Å². The predicted octanol–water partition coefficient (Wildman–Crippen LogP) is 2.33. The third-order valence-electron chi connectivity index (χ3n) is 2.68. The van der Waals surface area contributed by atoms with Gasteiger partial charge in [0.25, 0.3) is 0 Å². The molecule has 4 heteroatoms. The molecular formula is C13H17N3O. The van der Waals surface area contributed by atoms with Crippen molar-refractivity contribution in [2.75, 3.05) is 11.9 Å². The first-order valence-electron chi connectivity index (χ1n) is 5.60. The summed E-state index contributed by atoms with van der Waals surface area (Å²) in [5, 5.41) is 0. The molecule has 0 radical (unpaired) electrons. The van der Waals surface area contributed by atoms with E-state index in [0.717, 1.165) is 23.5 Å². The number of anilines is 1. The summed E-state index contributed by atoms with van der Waals surface area (Å²) < 4.78 is 5.04. The lowest BCUT2D eigenvalue weighted by Gasteiger charge is -2.18. The minimum atomic E-state index is -0.0248. The smallest absolute Gasteiger partial charge is 0.0952 e. The van der Waals surface area contributed by atoms with Crippen LogP contribution < -0.4 is 10.6 Å². The molecule has 0 bridgehead atoms. The van der Waals surface area contributed by atoms with Crippen molar-refractivity contribution < 1.29 is 4.42 Å². The minimum absolute atomic E-state index is 0.0248. The Kier molecular flexibility index (Phi) is 3.44. The molecule has 0 saturated carbocycles. The van der Waals surface area contributed by atoms with Gasteiger partial charge in [0.2, 0.25) is 0 Å². The van der Waals surface area contributed by atoms with E-state index in [1.807, 2.05) is 38.4 Å². The van der Waals surface area contributed by atoms with Crippen LogP contribution in [-0.2, 0) is 6.54 Å². The highest BCUT2D eigenvalue weighted by Crippen LogP contribution is 2.16. The first-order valence-corrected chi connectivity index (χ1v) is 5.60. The fourth-order valence-electron chi connectivity index (χ4n) is 1.64. The lowest BCUT2D eigenvalue weighted by atomic mass is 10.2. The molecule has 90 valence electrons. The molecule has 0 aliphatic heterocycles. The van der Waals surface area contributed by atoms with E-state index >= 15 is 0 Å². The monoisotopic (exact) mass is 231 g/mol. The van der Waals surface area contributed by atoms with E-state index in [1.54, 1.807) is 12.5 Å². The number of rotatable bonds is 4. The molecule has 2 N–H and O–H groups in total. The first-order chi connectivity index (χ1) is 8.16. The Balaban J connectivity index is 2.06. The highest BCUT2D eigenvalue weighted by molar-refractivity contribution is 5.44. The third kappa shape index (κ3) is 2.85. The van der Waals surface area contributed by atoms with E-state index in [2.05, 4.69) is 9.88 Å². The average Bonchev–Trinajstić information content (AvgIpc) is 2.82. The number of furan rings is 1. The maximum Gasteiger partial charge on any atom is 0.0952 e. The van der Waals surface area contributed by atoms with E-state index in [-0.39, 0.29) is 6.04 Å². The summed E-state index contributed by atoms with van der Waals surface area (Å²) >= 11 is 0. The summed E-state index contributed by atoms with van der Waals surface area (Å²) in [5.41, 5.74) is 8.88. The van der Waals surface area contributed by atoms with E-state index in [1.165, 1.54) is 0 Å². The molecule has 0 aromatic carbocycles. The maximum absolute atomic E-state index is 5.76.